The predicted molar refractivity (Wildman–Crippen MR) is 134 cm³/mol. The van der Waals surface area contributed by atoms with E-state index >= 15 is 0 Å². The second-order valence-electron chi connectivity index (χ2n) is 8.04. The van der Waals surface area contributed by atoms with Gasteiger partial charge in [-0.1, -0.05) is 55.5 Å². The fourth-order valence-corrected chi connectivity index (χ4v) is 3.97. The SMILES string of the molecule is CCCn1c(O)c(C(=O)/C=C/c2cn(-c3ccccc3)nc2-c2ccccc2)c(C)c(C#N)c1=O. The third kappa shape index (κ3) is 4.55. The van der Waals surface area contributed by atoms with Crippen LogP contribution in [0.15, 0.2) is 77.7 Å². The molecule has 0 spiro atoms. The number of carbonyl (C=O) groups is 1. The van der Waals surface area contributed by atoms with Crippen LogP contribution in [0.1, 0.15) is 40.4 Å². The van der Waals surface area contributed by atoms with E-state index < -0.39 is 17.2 Å². The minimum Gasteiger partial charge on any atom is -0.494 e. The minimum atomic E-state index is -0.597. The summed E-state index contributed by atoms with van der Waals surface area (Å²) in [5.41, 5.74) is 2.52. The molecule has 35 heavy (non-hydrogen) atoms. The Morgan fingerprint density at radius 1 is 1.11 bits per heavy atom. The quantitative estimate of drug-likeness (QED) is 0.310. The van der Waals surface area contributed by atoms with Gasteiger partial charge in [0.1, 0.15) is 11.6 Å². The molecule has 0 bridgehead atoms. The number of hydrogen-bond donors (Lipinski definition) is 1. The summed E-state index contributed by atoms with van der Waals surface area (Å²) in [6, 6.07) is 21.1. The molecule has 0 aliphatic heterocycles. The van der Waals surface area contributed by atoms with Crippen molar-refractivity contribution < 1.29 is 9.90 Å². The number of aromatic nitrogens is 3. The van der Waals surface area contributed by atoms with Crippen LogP contribution in [0.25, 0.3) is 23.0 Å². The molecule has 174 valence electrons. The van der Waals surface area contributed by atoms with Crippen LogP contribution in [0, 0.1) is 18.3 Å². The summed E-state index contributed by atoms with van der Waals surface area (Å²) >= 11 is 0. The Hall–Kier alpha value is -4.70. The molecular formula is C28H24N4O3. The van der Waals surface area contributed by atoms with E-state index in [0.717, 1.165) is 15.8 Å². The number of hydrogen-bond acceptors (Lipinski definition) is 5. The summed E-state index contributed by atoms with van der Waals surface area (Å²) in [5, 5.41) is 25.0. The van der Waals surface area contributed by atoms with E-state index in [1.807, 2.05) is 79.9 Å². The van der Waals surface area contributed by atoms with Gasteiger partial charge < -0.3 is 5.11 Å². The zero-order valence-corrected chi connectivity index (χ0v) is 19.5. The smallest absolute Gasteiger partial charge is 0.271 e. The molecule has 1 N–H and O–H groups in total. The molecule has 0 radical (unpaired) electrons. The molecule has 4 rings (SSSR count). The Labute approximate surface area is 202 Å². The van der Waals surface area contributed by atoms with E-state index in [-0.39, 0.29) is 23.2 Å². The predicted octanol–water partition coefficient (Wildman–Crippen LogP) is 4.89. The van der Waals surface area contributed by atoms with Crippen LogP contribution in [-0.2, 0) is 6.54 Å². The first-order valence-electron chi connectivity index (χ1n) is 11.3. The lowest BCUT2D eigenvalue weighted by Crippen LogP contribution is -2.26. The molecule has 0 amide bonds. The molecule has 0 fully saturated rings. The highest BCUT2D eigenvalue weighted by Gasteiger charge is 2.22. The van der Waals surface area contributed by atoms with Gasteiger partial charge in [-0.05, 0) is 43.2 Å². The summed E-state index contributed by atoms with van der Waals surface area (Å²) in [4.78, 5) is 25.8. The molecular weight excluding hydrogens is 440 g/mol. The average Bonchev–Trinajstić information content (AvgIpc) is 3.31. The van der Waals surface area contributed by atoms with Crippen molar-refractivity contribution in [3.05, 3.63) is 106 Å². The lowest BCUT2D eigenvalue weighted by Gasteiger charge is -2.13. The number of carbonyl (C=O) groups excluding carboxylic acids is 1. The molecule has 0 saturated carbocycles. The van der Waals surface area contributed by atoms with Crippen molar-refractivity contribution in [1.82, 2.24) is 14.3 Å². The Morgan fingerprint density at radius 3 is 2.40 bits per heavy atom. The van der Waals surface area contributed by atoms with Crippen molar-refractivity contribution in [2.75, 3.05) is 0 Å². The number of rotatable bonds is 7. The number of aromatic hydroxyl groups is 1. The molecule has 7 heteroatoms. The van der Waals surface area contributed by atoms with Crippen LogP contribution in [-0.4, -0.2) is 25.2 Å². The van der Waals surface area contributed by atoms with Crippen molar-refractivity contribution in [2.24, 2.45) is 0 Å². The second kappa shape index (κ2) is 10.1. The van der Waals surface area contributed by atoms with Crippen molar-refractivity contribution in [3.8, 4) is 28.9 Å². The number of ketones is 1. The summed E-state index contributed by atoms with van der Waals surface area (Å²) in [7, 11) is 0. The van der Waals surface area contributed by atoms with Crippen LogP contribution in [0.3, 0.4) is 0 Å². The number of nitriles is 1. The molecule has 2 aromatic heterocycles. The maximum atomic E-state index is 13.2. The van der Waals surface area contributed by atoms with Crippen molar-refractivity contribution >= 4 is 11.9 Å². The third-order valence-electron chi connectivity index (χ3n) is 5.72. The Kier molecular flexibility index (Phi) is 6.74. The van der Waals surface area contributed by atoms with Gasteiger partial charge in [0, 0.05) is 23.9 Å². The zero-order valence-electron chi connectivity index (χ0n) is 19.5. The van der Waals surface area contributed by atoms with Crippen molar-refractivity contribution in [2.45, 2.75) is 26.8 Å². The van der Waals surface area contributed by atoms with Crippen LogP contribution in [0.2, 0.25) is 0 Å². The van der Waals surface area contributed by atoms with Crippen LogP contribution in [0.5, 0.6) is 5.88 Å². The number of nitrogens with zero attached hydrogens (tertiary/aromatic N) is 4. The van der Waals surface area contributed by atoms with Gasteiger partial charge in [-0.2, -0.15) is 10.4 Å². The number of para-hydroxylation sites is 1. The van der Waals surface area contributed by atoms with E-state index in [1.54, 1.807) is 10.8 Å². The van der Waals surface area contributed by atoms with E-state index in [1.165, 1.54) is 13.0 Å². The minimum absolute atomic E-state index is 0.0532. The normalized spacial score (nSPS) is 11.0. The highest BCUT2D eigenvalue weighted by molar-refractivity contribution is 6.09. The Bertz CT molecular complexity index is 1510. The van der Waals surface area contributed by atoms with Gasteiger partial charge in [0.05, 0.1) is 16.9 Å². The van der Waals surface area contributed by atoms with Crippen LogP contribution in [0.4, 0.5) is 0 Å². The first-order valence-corrected chi connectivity index (χ1v) is 11.3. The van der Waals surface area contributed by atoms with Crippen LogP contribution >= 0.6 is 0 Å². The standard InChI is InChI=1S/C28H24N4O3/c1-3-16-31-27(34)23(17-29)19(2)25(28(31)35)24(33)15-14-21-18-32(22-12-8-5-9-13-22)30-26(21)20-10-6-4-7-11-20/h4-15,18,35H,3,16H2,1-2H3/b15-14+. The first kappa shape index (κ1) is 23.5. The molecule has 0 saturated heterocycles. The van der Waals surface area contributed by atoms with E-state index in [0.29, 0.717) is 17.7 Å². The number of benzene rings is 2. The molecule has 0 atom stereocenters. The van der Waals surface area contributed by atoms with Gasteiger partial charge in [-0.25, -0.2) is 4.68 Å². The first-order chi connectivity index (χ1) is 17.0. The fraction of sp³-hybridized carbons (Fsp3) is 0.143. The molecule has 4 aromatic rings. The van der Waals surface area contributed by atoms with E-state index in [2.05, 4.69) is 0 Å². The highest BCUT2D eigenvalue weighted by Crippen LogP contribution is 2.27. The van der Waals surface area contributed by atoms with Gasteiger partial charge in [-0.3, -0.25) is 14.2 Å². The molecule has 7 nitrogen and oxygen atoms in total. The zero-order chi connectivity index (χ0) is 24.9. The van der Waals surface area contributed by atoms with Gasteiger partial charge in [0.15, 0.2) is 5.78 Å². The average molecular weight is 465 g/mol. The summed E-state index contributed by atoms with van der Waals surface area (Å²) < 4.78 is 2.82. The van der Waals surface area contributed by atoms with Gasteiger partial charge in [-0.15, -0.1) is 0 Å². The summed E-state index contributed by atoms with van der Waals surface area (Å²) in [6.07, 6.45) is 5.36. The van der Waals surface area contributed by atoms with Crippen molar-refractivity contribution in [3.63, 3.8) is 0 Å². The number of allylic oxidation sites excluding steroid dienone is 1. The van der Waals surface area contributed by atoms with Crippen molar-refractivity contribution in [1.29, 1.82) is 5.26 Å². The largest absolute Gasteiger partial charge is 0.494 e. The lowest BCUT2D eigenvalue weighted by atomic mass is 10.0. The molecule has 0 aliphatic carbocycles. The van der Waals surface area contributed by atoms with Crippen LogP contribution < -0.4 is 5.56 Å². The van der Waals surface area contributed by atoms with Gasteiger partial charge >= 0.3 is 0 Å². The topological polar surface area (TPSA) is 101 Å². The van der Waals surface area contributed by atoms with Gasteiger partial charge in [0.2, 0.25) is 5.88 Å². The third-order valence-corrected chi connectivity index (χ3v) is 5.72. The molecule has 2 aromatic carbocycles. The maximum Gasteiger partial charge on any atom is 0.271 e. The van der Waals surface area contributed by atoms with E-state index in [9.17, 15) is 20.0 Å². The highest BCUT2D eigenvalue weighted by atomic mass is 16.3. The summed E-state index contributed by atoms with van der Waals surface area (Å²) in [5.74, 6) is -0.931. The fourth-order valence-electron chi connectivity index (χ4n) is 3.97. The maximum absolute atomic E-state index is 13.2. The van der Waals surface area contributed by atoms with E-state index in [4.69, 9.17) is 5.10 Å². The Balaban J connectivity index is 1.80. The molecule has 0 unspecified atom stereocenters. The molecule has 0 aliphatic rings. The number of pyridine rings is 1. The lowest BCUT2D eigenvalue weighted by molar-refractivity contribution is 0.104. The summed E-state index contributed by atoms with van der Waals surface area (Å²) in [6.45, 7) is 3.54. The monoisotopic (exact) mass is 464 g/mol. The Morgan fingerprint density at radius 2 is 1.77 bits per heavy atom. The second-order valence-corrected chi connectivity index (χ2v) is 8.04. The molecule has 2 heterocycles. The van der Waals surface area contributed by atoms with Gasteiger partial charge in [0.25, 0.3) is 5.56 Å².